The third-order valence-corrected chi connectivity index (χ3v) is 3.01. The van der Waals surface area contributed by atoms with Gasteiger partial charge < -0.3 is 9.85 Å². The average Bonchev–Trinajstić information content (AvgIpc) is 2.19. The monoisotopic (exact) mass is 213 g/mol. The van der Waals surface area contributed by atoms with Gasteiger partial charge in [0.05, 0.1) is 46.3 Å². The van der Waals surface area contributed by atoms with Crippen LogP contribution in [0.25, 0.3) is 0 Å². The van der Waals surface area contributed by atoms with Crippen molar-refractivity contribution in [2.75, 3.05) is 52.9 Å². The molecular formula is C9H17N4O2. The Hall–Kier alpha value is -0.690. The largest absolute Gasteiger partial charge is 0.633 e. The van der Waals surface area contributed by atoms with E-state index in [1.165, 1.54) is 0 Å². The molecule has 2 saturated heterocycles. The van der Waals surface area contributed by atoms with Crippen molar-refractivity contribution >= 4 is 5.91 Å². The van der Waals surface area contributed by atoms with Crippen LogP contribution >= 0.6 is 0 Å². The standard InChI is InChI=1S/C9H17N4O2/c1-13(15)6-4-11(5-7-13)12-3-2-10-8-9(12)14/h2-8H2,1H3. The van der Waals surface area contributed by atoms with Crippen molar-refractivity contribution in [2.24, 2.45) is 0 Å². The molecule has 0 aromatic heterocycles. The molecule has 6 heteroatoms. The summed E-state index contributed by atoms with van der Waals surface area (Å²) >= 11 is 0. The Kier molecular flexibility index (Phi) is 2.92. The number of hydrogen-bond donors (Lipinski definition) is 0. The van der Waals surface area contributed by atoms with Gasteiger partial charge in [-0.25, -0.2) is 10.3 Å². The second kappa shape index (κ2) is 4.05. The molecule has 0 saturated carbocycles. The van der Waals surface area contributed by atoms with Gasteiger partial charge in [-0.2, -0.15) is 0 Å². The minimum Gasteiger partial charge on any atom is -0.633 e. The Labute approximate surface area is 89.6 Å². The lowest BCUT2D eigenvalue weighted by Crippen LogP contribution is -2.62. The van der Waals surface area contributed by atoms with Crippen LogP contribution in [0, 0.1) is 5.21 Å². The number of carbonyl (C=O) groups excluding carboxylic acids is 1. The first-order valence-electron chi connectivity index (χ1n) is 5.32. The minimum absolute atomic E-state index is 0.0586. The summed E-state index contributed by atoms with van der Waals surface area (Å²) < 4.78 is -0.192. The number of hydrogen-bond acceptors (Lipinski definition) is 3. The summed E-state index contributed by atoms with van der Waals surface area (Å²) in [6, 6.07) is 0. The van der Waals surface area contributed by atoms with E-state index in [2.05, 4.69) is 5.32 Å². The first-order valence-corrected chi connectivity index (χ1v) is 5.32. The highest BCUT2D eigenvalue weighted by molar-refractivity contribution is 5.78. The van der Waals surface area contributed by atoms with Gasteiger partial charge in [-0.05, 0) is 0 Å². The maximum Gasteiger partial charge on any atom is 0.252 e. The van der Waals surface area contributed by atoms with Gasteiger partial charge >= 0.3 is 0 Å². The highest BCUT2D eigenvalue weighted by Gasteiger charge is 2.29. The maximum atomic E-state index is 11.6. The summed E-state index contributed by atoms with van der Waals surface area (Å²) in [5.41, 5.74) is 0. The molecule has 2 aliphatic rings. The van der Waals surface area contributed by atoms with Crippen molar-refractivity contribution in [1.82, 2.24) is 15.3 Å². The average molecular weight is 213 g/mol. The molecule has 0 aliphatic carbocycles. The van der Waals surface area contributed by atoms with Gasteiger partial charge in [-0.15, -0.1) is 0 Å². The number of quaternary nitrogens is 1. The Morgan fingerprint density at radius 2 is 2.00 bits per heavy atom. The first kappa shape index (κ1) is 10.8. The molecule has 2 aliphatic heterocycles. The van der Waals surface area contributed by atoms with E-state index in [0.717, 1.165) is 0 Å². The van der Waals surface area contributed by atoms with Gasteiger partial charge in [0.2, 0.25) is 0 Å². The van der Waals surface area contributed by atoms with Crippen molar-refractivity contribution in [3.63, 3.8) is 0 Å². The molecule has 0 spiro atoms. The van der Waals surface area contributed by atoms with Crippen LogP contribution < -0.4 is 5.32 Å². The summed E-state index contributed by atoms with van der Waals surface area (Å²) in [4.78, 5) is 11.6. The van der Waals surface area contributed by atoms with E-state index in [-0.39, 0.29) is 10.6 Å². The SMILES string of the molecule is C[N+]1([O-])CCN(N2CC[N]CC2=O)CC1. The number of hydroxylamine groups is 3. The van der Waals surface area contributed by atoms with Gasteiger partial charge in [0.1, 0.15) is 0 Å². The quantitative estimate of drug-likeness (QED) is 0.398. The molecule has 0 aromatic carbocycles. The number of rotatable bonds is 1. The maximum absolute atomic E-state index is 11.6. The van der Waals surface area contributed by atoms with Crippen LogP contribution in [0.4, 0.5) is 0 Å². The molecule has 6 nitrogen and oxygen atoms in total. The van der Waals surface area contributed by atoms with Crippen LogP contribution in [0.15, 0.2) is 0 Å². The van der Waals surface area contributed by atoms with Crippen LogP contribution in [0.5, 0.6) is 0 Å². The third kappa shape index (κ3) is 2.46. The minimum atomic E-state index is -0.192. The summed E-state index contributed by atoms with van der Waals surface area (Å²) in [5.74, 6) is 0.0586. The molecule has 2 heterocycles. The van der Waals surface area contributed by atoms with E-state index in [0.29, 0.717) is 45.8 Å². The first-order chi connectivity index (χ1) is 7.08. The number of nitrogens with zero attached hydrogens (tertiary/aromatic N) is 4. The molecule has 2 fully saturated rings. The third-order valence-electron chi connectivity index (χ3n) is 3.01. The molecule has 0 N–H and O–H groups in total. The van der Waals surface area contributed by atoms with Crippen molar-refractivity contribution < 1.29 is 9.44 Å². The topological polar surface area (TPSA) is 60.7 Å². The van der Waals surface area contributed by atoms with Gasteiger partial charge in [0.15, 0.2) is 0 Å². The lowest BCUT2D eigenvalue weighted by molar-refractivity contribution is -0.866. The summed E-state index contributed by atoms with van der Waals surface area (Å²) in [5, 5.41) is 19.4. The Morgan fingerprint density at radius 3 is 2.60 bits per heavy atom. The van der Waals surface area contributed by atoms with Crippen LogP contribution in [-0.4, -0.2) is 73.4 Å². The van der Waals surface area contributed by atoms with E-state index >= 15 is 0 Å². The highest BCUT2D eigenvalue weighted by atomic mass is 16.5. The zero-order chi connectivity index (χ0) is 10.9. The van der Waals surface area contributed by atoms with Crippen LogP contribution in [0.2, 0.25) is 0 Å². The van der Waals surface area contributed by atoms with Crippen molar-refractivity contribution in [1.29, 1.82) is 0 Å². The van der Waals surface area contributed by atoms with Crippen LogP contribution in [0.3, 0.4) is 0 Å². The fourth-order valence-electron chi connectivity index (χ4n) is 1.96. The van der Waals surface area contributed by atoms with Gasteiger partial charge in [-0.3, -0.25) is 9.80 Å². The second-order valence-electron chi connectivity index (χ2n) is 4.32. The van der Waals surface area contributed by atoms with Gasteiger partial charge in [0, 0.05) is 6.54 Å². The molecule has 85 valence electrons. The summed E-state index contributed by atoms with van der Waals surface area (Å²) in [6.07, 6.45) is 0. The van der Waals surface area contributed by atoms with Crippen molar-refractivity contribution in [3.05, 3.63) is 5.21 Å². The number of amides is 1. The van der Waals surface area contributed by atoms with E-state index in [1.807, 2.05) is 5.01 Å². The molecule has 2 rings (SSSR count). The Bertz CT molecular complexity index is 246. The van der Waals surface area contributed by atoms with E-state index in [1.54, 1.807) is 12.1 Å². The smallest absolute Gasteiger partial charge is 0.252 e. The van der Waals surface area contributed by atoms with Crippen molar-refractivity contribution in [2.45, 2.75) is 0 Å². The van der Waals surface area contributed by atoms with E-state index in [9.17, 15) is 10.0 Å². The molecule has 1 radical (unpaired) electrons. The highest BCUT2D eigenvalue weighted by Crippen LogP contribution is 2.11. The van der Waals surface area contributed by atoms with E-state index in [4.69, 9.17) is 0 Å². The normalized spacial score (nSPS) is 28.1. The Balaban J connectivity index is 1.92. The predicted octanol–water partition coefficient (Wildman–Crippen LogP) is -1.39. The molecule has 0 aromatic rings. The fourth-order valence-corrected chi connectivity index (χ4v) is 1.96. The lowest BCUT2D eigenvalue weighted by atomic mass is 10.3. The summed E-state index contributed by atoms with van der Waals surface area (Å²) in [6.45, 7) is 4.13. The molecule has 0 bridgehead atoms. The summed E-state index contributed by atoms with van der Waals surface area (Å²) in [7, 11) is 1.69. The van der Waals surface area contributed by atoms with Crippen molar-refractivity contribution in [3.8, 4) is 0 Å². The number of piperazine rings is 2. The molecular weight excluding hydrogens is 196 g/mol. The van der Waals surface area contributed by atoms with Gasteiger partial charge in [0.25, 0.3) is 5.91 Å². The lowest BCUT2D eigenvalue weighted by Gasteiger charge is -2.48. The fraction of sp³-hybridized carbons (Fsp3) is 0.889. The molecule has 0 unspecified atom stereocenters. The zero-order valence-electron chi connectivity index (χ0n) is 9.06. The number of likely N-dealkylation sites (N-methyl/N-ethyl adjacent to an activating group) is 1. The van der Waals surface area contributed by atoms with Crippen LogP contribution in [0.1, 0.15) is 0 Å². The van der Waals surface area contributed by atoms with E-state index < -0.39 is 0 Å². The molecule has 0 atom stereocenters. The number of hydrazine groups is 1. The second-order valence-corrected chi connectivity index (χ2v) is 4.32. The van der Waals surface area contributed by atoms with Gasteiger partial charge in [-0.1, -0.05) is 0 Å². The molecule has 15 heavy (non-hydrogen) atoms. The predicted molar refractivity (Wildman–Crippen MR) is 54.4 cm³/mol. The zero-order valence-corrected chi connectivity index (χ0v) is 9.06. The van der Waals surface area contributed by atoms with Crippen LogP contribution in [-0.2, 0) is 4.79 Å². The number of carbonyl (C=O) groups is 1. The molecule has 1 amide bonds. The Morgan fingerprint density at radius 1 is 1.33 bits per heavy atom.